The molecule has 1 aliphatic heterocycles. The number of nitrogens with two attached hydrogens (primary N) is 1. The molecule has 2 rings (SSSR count). The lowest BCUT2D eigenvalue weighted by atomic mass is 10.1. The minimum Gasteiger partial charge on any atom is -0.477 e. The van der Waals surface area contributed by atoms with E-state index < -0.39 is 5.97 Å². The van der Waals surface area contributed by atoms with Gasteiger partial charge in [-0.05, 0) is 30.9 Å². The lowest BCUT2D eigenvalue weighted by Gasteiger charge is -2.19. The highest BCUT2D eigenvalue weighted by Gasteiger charge is 2.25. The summed E-state index contributed by atoms with van der Waals surface area (Å²) in [5.74, 6) is -0.0950. The van der Waals surface area contributed by atoms with E-state index >= 15 is 0 Å². The van der Waals surface area contributed by atoms with Gasteiger partial charge in [0.1, 0.15) is 0 Å². The van der Waals surface area contributed by atoms with Crippen molar-refractivity contribution in [2.24, 2.45) is 5.92 Å². The van der Waals surface area contributed by atoms with E-state index in [0.717, 1.165) is 25.9 Å². The zero-order valence-electron chi connectivity index (χ0n) is 10.0. The van der Waals surface area contributed by atoms with E-state index in [2.05, 4.69) is 4.98 Å². The van der Waals surface area contributed by atoms with E-state index in [1.165, 1.54) is 6.07 Å². The summed E-state index contributed by atoms with van der Waals surface area (Å²) in [5.41, 5.74) is 6.34. The third kappa shape index (κ3) is 2.53. The fourth-order valence-electron chi connectivity index (χ4n) is 2.27. The molecule has 1 aromatic rings. The predicted octanol–water partition coefficient (Wildman–Crippen LogP) is 0.571. The van der Waals surface area contributed by atoms with Crippen LogP contribution in [0.3, 0.4) is 0 Å². The minimum atomic E-state index is -1.05. The monoisotopic (exact) mass is 251 g/mol. The number of pyridine rings is 1. The molecule has 4 N–H and O–H groups in total. The Hall–Kier alpha value is -1.82. The van der Waals surface area contributed by atoms with E-state index in [1.54, 1.807) is 6.07 Å². The van der Waals surface area contributed by atoms with E-state index in [0.29, 0.717) is 17.4 Å². The Morgan fingerprint density at radius 3 is 3.00 bits per heavy atom. The molecule has 1 aromatic heterocycles. The van der Waals surface area contributed by atoms with Crippen LogP contribution in [0.4, 0.5) is 11.5 Å². The van der Waals surface area contributed by atoms with Crippen molar-refractivity contribution < 1.29 is 15.0 Å². The van der Waals surface area contributed by atoms with Crippen LogP contribution >= 0.6 is 0 Å². The van der Waals surface area contributed by atoms with Crippen LogP contribution in [0, 0.1) is 5.92 Å². The Morgan fingerprint density at radius 2 is 2.33 bits per heavy atom. The summed E-state index contributed by atoms with van der Waals surface area (Å²) in [5, 5.41) is 17.8. The first-order valence-electron chi connectivity index (χ1n) is 5.97. The zero-order chi connectivity index (χ0) is 13.1. The van der Waals surface area contributed by atoms with Gasteiger partial charge in [0.15, 0.2) is 11.5 Å². The molecular weight excluding hydrogens is 234 g/mol. The fraction of sp³-hybridized carbons (Fsp3) is 0.500. The first kappa shape index (κ1) is 12.6. The summed E-state index contributed by atoms with van der Waals surface area (Å²) < 4.78 is 0. The molecule has 1 unspecified atom stereocenters. The number of hydrogen-bond acceptors (Lipinski definition) is 5. The maximum absolute atomic E-state index is 10.9. The normalized spacial score (nSPS) is 19.2. The summed E-state index contributed by atoms with van der Waals surface area (Å²) in [6.45, 7) is 1.74. The van der Waals surface area contributed by atoms with Gasteiger partial charge in [0, 0.05) is 19.7 Å². The molecule has 0 bridgehead atoms. The average molecular weight is 251 g/mol. The topological polar surface area (TPSA) is 99.7 Å². The number of carboxylic acids is 1. The summed E-state index contributed by atoms with van der Waals surface area (Å²) in [6.07, 6.45) is 1.73. The van der Waals surface area contributed by atoms with Gasteiger partial charge in [0.25, 0.3) is 0 Å². The number of aromatic carboxylic acids is 1. The predicted molar refractivity (Wildman–Crippen MR) is 67.6 cm³/mol. The van der Waals surface area contributed by atoms with Gasteiger partial charge in [-0.1, -0.05) is 0 Å². The highest BCUT2D eigenvalue weighted by molar-refractivity contribution is 5.87. The van der Waals surface area contributed by atoms with Gasteiger partial charge in [-0.25, -0.2) is 9.78 Å². The molecule has 0 aromatic carbocycles. The molecule has 0 spiro atoms. The second-order valence-electron chi connectivity index (χ2n) is 4.53. The smallest absolute Gasteiger partial charge is 0.354 e. The maximum atomic E-state index is 10.9. The number of anilines is 2. The first-order chi connectivity index (χ1) is 8.61. The summed E-state index contributed by atoms with van der Waals surface area (Å²) in [7, 11) is 0. The van der Waals surface area contributed by atoms with Crippen molar-refractivity contribution in [3.05, 3.63) is 17.8 Å². The number of carbonyl (C=O) groups is 1. The quantitative estimate of drug-likeness (QED) is 0.723. The number of carboxylic acid groups (broad SMARTS) is 1. The molecule has 0 saturated carbocycles. The Bertz CT molecular complexity index is 450. The summed E-state index contributed by atoms with van der Waals surface area (Å²) in [4.78, 5) is 17.0. The maximum Gasteiger partial charge on any atom is 0.354 e. The molecule has 2 heterocycles. The fourth-order valence-corrected chi connectivity index (χ4v) is 2.27. The molecule has 0 radical (unpaired) electrons. The van der Waals surface area contributed by atoms with Crippen molar-refractivity contribution >= 4 is 17.5 Å². The molecule has 0 amide bonds. The van der Waals surface area contributed by atoms with Crippen molar-refractivity contribution in [3.8, 4) is 0 Å². The van der Waals surface area contributed by atoms with Gasteiger partial charge in [0.05, 0.1) is 5.69 Å². The Kier molecular flexibility index (Phi) is 3.66. The summed E-state index contributed by atoms with van der Waals surface area (Å²) >= 11 is 0. The van der Waals surface area contributed by atoms with Crippen LogP contribution in [-0.4, -0.2) is 40.9 Å². The van der Waals surface area contributed by atoms with Gasteiger partial charge in [0.2, 0.25) is 0 Å². The Labute approximate surface area is 105 Å². The van der Waals surface area contributed by atoms with Crippen LogP contribution in [0.1, 0.15) is 23.3 Å². The van der Waals surface area contributed by atoms with Crippen LogP contribution in [0.5, 0.6) is 0 Å². The number of hydrogen-bond donors (Lipinski definition) is 3. The van der Waals surface area contributed by atoms with Crippen molar-refractivity contribution in [1.29, 1.82) is 0 Å². The van der Waals surface area contributed by atoms with E-state index in [1.807, 2.05) is 4.90 Å². The van der Waals surface area contributed by atoms with Crippen LogP contribution in [0.2, 0.25) is 0 Å². The summed E-state index contributed by atoms with van der Waals surface area (Å²) in [6, 6.07) is 2.98. The molecule has 98 valence electrons. The number of rotatable bonds is 4. The lowest BCUT2D eigenvalue weighted by Crippen LogP contribution is -2.23. The van der Waals surface area contributed by atoms with Gasteiger partial charge in [-0.15, -0.1) is 0 Å². The minimum absolute atomic E-state index is 0.00445. The van der Waals surface area contributed by atoms with E-state index in [-0.39, 0.29) is 12.3 Å². The standard InChI is InChI=1S/C12H17N3O3/c13-9-1-2-10(12(17)18)14-11(9)15-5-3-8(7-15)4-6-16/h1-2,8,16H,3-7,13H2,(H,17,18). The number of nitrogen functional groups attached to an aromatic ring is 1. The third-order valence-electron chi connectivity index (χ3n) is 3.25. The van der Waals surface area contributed by atoms with Gasteiger partial charge in [-0.2, -0.15) is 0 Å². The Balaban J connectivity index is 2.18. The SMILES string of the molecule is Nc1ccc(C(=O)O)nc1N1CCC(CCO)C1. The van der Waals surface area contributed by atoms with Crippen LogP contribution in [0.15, 0.2) is 12.1 Å². The lowest BCUT2D eigenvalue weighted by molar-refractivity contribution is 0.0690. The number of aromatic nitrogens is 1. The molecule has 1 fully saturated rings. The van der Waals surface area contributed by atoms with Gasteiger partial charge in [-0.3, -0.25) is 0 Å². The highest BCUT2D eigenvalue weighted by atomic mass is 16.4. The molecule has 1 atom stereocenters. The van der Waals surface area contributed by atoms with Crippen LogP contribution in [0.25, 0.3) is 0 Å². The van der Waals surface area contributed by atoms with Gasteiger partial charge < -0.3 is 20.8 Å². The first-order valence-corrected chi connectivity index (χ1v) is 5.97. The second-order valence-corrected chi connectivity index (χ2v) is 4.53. The third-order valence-corrected chi connectivity index (χ3v) is 3.25. The van der Waals surface area contributed by atoms with Crippen molar-refractivity contribution in [1.82, 2.24) is 4.98 Å². The molecule has 0 aliphatic carbocycles. The molecule has 1 aliphatic rings. The zero-order valence-corrected chi connectivity index (χ0v) is 10.0. The van der Waals surface area contributed by atoms with Crippen molar-refractivity contribution in [2.45, 2.75) is 12.8 Å². The molecule has 6 nitrogen and oxygen atoms in total. The second kappa shape index (κ2) is 5.22. The highest BCUT2D eigenvalue weighted by Crippen LogP contribution is 2.28. The number of aliphatic hydroxyl groups is 1. The molecule has 18 heavy (non-hydrogen) atoms. The van der Waals surface area contributed by atoms with Crippen molar-refractivity contribution in [2.75, 3.05) is 30.3 Å². The molecule has 6 heteroatoms. The van der Waals surface area contributed by atoms with E-state index in [9.17, 15) is 4.79 Å². The van der Waals surface area contributed by atoms with Crippen LogP contribution in [-0.2, 0) is 0 Å². The van der Waals surface area contributed by atoms with Crippen molar-refractivity contribution in [3.63, 3.8) is 0 Å². The Morgan fingerprint density at radius 1 is 1.56 bits per heavy atom. The number of aliphatic hydroxyl groups excluding tert-OH is 1. The largest absolute Gasteiger partial charge is 0.477 e. The number of nitrogens with zero attached hydrogens (tertiary/aromatic N) is 2. The van der Waals surface area contributed by atoms with Crippen LogP contribution < -0.4 is 10.6 Å². The average Bonchev–Trinajstić information content (AvgIpc) is 2.78. The van der Waals surface area contributed by atoms with E-state index in [4.69, 9.17) is 15.9 Å². The molecule has 1 saturated heterocycles. The molecular formula is C12H17N3O3. The van der Waals surface area contributed by atoms with Gasteiger partial charge >= 0.3 is 5.97 Å².